The third-order valence-electron chi connectivity index (χ3n) is 2.29. The van der Waals surface area contributed by atoms with Crippen LogP contribution in [0, 0.1) is 6.92 Å². The molecule has 0 bridgehead atoms. The molecular formula is C11H16F3N3O. The Hall–Kier alpha value is -1.21. The first-order valence-electron chi connectivity index (χ1n) is 5.55. The number of nitrogens with zero attached hydrogens (tertiary/aromatic N) is 2. The minimum atomic E-state index is -4.27. The first-order valence-corrected chi connectivity index (χ1v) is 5.55. The highest BCUT2D eigenvalue weighted by molar-refractivity contribution is 5.12. The van der Waals surface area contributed by atoms with Crippen LogP contribution in [0.5, 0.6) is 0 Å². The molecular weight excluding hydrogens is 247 g/mol. The zero-order valence-electron chi connectivity index (χ0n) is 10.3. The standard InChI is InChI=1S/C11H16F3N3O/c1-8-10(17-4-3-15-8)9(2)16-5-6-18-7-11(12,13)14/h3-4,9,16H,5-7H2,1-2H3. The van der Waals surface area contributed by atoms with E-state index in [9.17, 15) is 13.2 Å². The lowest BCUT2D eigenvalue weighted by atomic mass is 10.2. The van der Waals surface area contributed by atoms with Crippen molar-refractivity contribution in [2.75, 3.05) is 19.8 Å². The summed E-state index contributed by atoms with van der Waals surface area (Å²) in [6.07, 6.45) is -1.09. The predicted octanol–water partition coefficient (Wildman–Crippen LogP) is 2.01. The van der Waals surface area contributed by atoms with Gasteiger partial charge in [-0.1, -0.05) is 0 Å². The van der Waals surface area contributed by atoms with Gasteiger partial charge >= 0.3 is 6.18 Å². The predicted molar refractivity (Wildman–Crippen MR) is 60.1 cm³/mol. The molecule has 0 aliphatic rings. The summed E-state index contributed by atoms with van der Waals surface area (Å²) in [5, 5.41) is 3.03. The number of hydrogen-bond acceptors (Lipinski definition) is 4. The van der Waals surface area contributed by atoms with Gasteiger partial charge in [0.25, 0.3) is 0 Å². The van der Waals surface area contributed by atoms with Crippen LogP contribution in [-0.4, -0.2) is 35.9 Å². The highest BCUT2D eigenvalue weighted by Crippen LogP contribution is 2.14. The number of alkyl halides is 3. The SMILES string of the molecule is Cc1nccnc1C(C)NCCOCC(F)(F)F. The second-order valence-corrected chi connectivity index (χ2v) is 3.87. The Bertz CT molecular complexity index is 371. The molecule has 7 heteroatoms. The molecule has 0 radical (unpaired) electrons. The molecule has 0 aromatic carbocycles. The normalized spacial score (nSPS) is 13.6. The third kappa shape index (κ3) is 5.42. The van der Waals surface area contributed by atoms with Gasteiger partial charge in [-0.05, 0) is 13.8 Å². The summed E-state index contributed by atoms with van der Waals surface area (Å²) in [6.45, 7) is 2.82. The second kappa shape index (κ2) is 6.65. The molecule has 18 heavy (non-hydrogen) atoms. The third-order valence-corrected chi connectivity index (χ3v) is 2.29. The van der Waals surface area contributed by atoms with Gasteiger partial charge in [-0.15, -0.1) is 0 Å². The molecule has 0 amide bonds. The molecule has 1 rings (SSSR count). The van der Waals surface area contributed by atoms with Crippen LogP contribution in [0.25, 0.3) is 0 Å². The van der Waals surface area contributed by atoms with Crippen LogP contribution in [0.4, 0.5) is 13.2 Å². The summed E-state index contributed by atoms with van der Waals surface area (Å²) in [4.78, 5) is 8.26. The number of nitrogens with one attached hydrogen (secondary N) is 1. The molecule has 0 fully saturated rings. The zero-order chi connectivity index (χ0) is 13.6. The first-order chi connectivity index (χ1) is 8.40. The van der Waals surface area contributed by atoms with E-state index >= 15 is 0 Å². The number of ether oxygens (including phenoxy) is 1. The molecule has 1 aromatic rings. The molecule has 1 atom stereocenters. The highest BCUT2D eigenvalue weighted by atomic mass is 19.4. The number of aryl methyl sites for hydroxylation is 1. The van der Waals surface area contributed by atoms with Crippen molar-refractivity contribution in [2.24, 2.45) is 0 Å². The fourth-order valence-electron chi connectivity index (χ4n) is 1.48. The van der Waals surface area contributed by atoms with E-state index in [1.165, 1.54) is 0 Å². The van der Waals surface area contributed by atoms with Crippen LogP contribution >= 0.6 is 0 Å². The summed E-state index contributed by atoms with van der Waals surface area (Å²) >= 11 is 0. The Kier molecular flexibility index (Phi) is 5.49. The Morgan fingerprint density at radius 1 is 1.33 bits per heavy atom. The summed E-state index contributed by atoms with van der Waals surface area (Å²) in [7, 11) is 0. The van der Waals surface area contributed by atoms with E-state index in [-0.39, 0.29) is 12.6 Å². The first kappa shape index (κ1) is 14.8. The van der Waals surface area contributed by atoms with Gasteiger partial charge in [-0.2, -0.15) is 13.2 Å². The van der Waals surface area contributed by atoms with Crippen molar-refractivity contribution in [3.63, 3.8) is 0 Å². The second-order valence-electron chi connectivity index (χ2n) is 3.87. The highest BCUT2D eigenvalue weighted by Gasteiger charge is 2.27. The average Bonchev–Trinajstić information content (AvgIpc) is 2.27. The molecule has 0 spiro atoms. The summed E-state index contributed by atoms with van der Waals surface area (Å²) in [6, 6.07) is -0.0758. The van der Waals surface area contributed by atoms with E-state index in [2.05, 4.69) is 20.0 Å². The van der Waals surface area contributed by atoms with E-state index in [0.717, 1.165) is 11.4 Å². The summed E-state index contributed by atoms with van der Waals surface area (Å²) in [5.74, 6) is 0. The fraction of sp³-hybridized carbons (Fsp3) is 0.636. The maximum Gasteiger partial charge on any atom is 0.411 e. The lowest BCUT2D eigenvalue weighted by molar-refractivity contribution is -0.173. The van der Waals surface area contributed by atoms with Gasteiger partial charge in [0.1, 0.15) is 6.61 Å². The average molecular weight is 263 g/mol. The van der Waals surface area contributed by atoms with Crippen molar-refractivity contribution < 1.29 is 17.9 Å². The van der Waals surface area contributed by atoms with Gasteiger partial charge in [-0.25, -0.2) is 0 Å². The van der Waals surface area contributed by atoms with Gasteiger partial charge in [0.15, 0.2) is 0 Å². The van der Waals surface area contributed by atoms with Crippen LogP contribution in [0.15, 0.2) is 12.4 Å². The van der Waals surface area contributed by atoms with Crippen molar-refractivity contribution in [1.82, 2.24) is 15.3 Å². The Morgan fingerprint density at radius 2 is 2.00 bits per heavy atom. The lowest BCUT2D eigenvalue weighted by Crippen LogP contribution is -2.27. The van der Waals surface area contributed by atoms with E-state index in [4.69, 9.17) is 0 Å². The quantitative estimate of drug-likeness (QED) is 0.798. The maximum absolute atomic E-state index is 11.8. The number of rotatable bonds is 6. The van der Waals surface area contributed by atoms with Crippen LogP contribution < -0.4 is 5.32 Å². The fourth-order valence-corrected chi connectivity index (χ4v) is 1.48. The maximum atomic E-state index is 11.8. The minimum absolute atomic E-state index is 0.00313. The molecule has 1 aromatic heterocycles. The van der Waals surface area contributed by atoms with Crippen molar-refractivity contribution in [1.29, 1.82) is 0 Å². The number of hydrogen-bond donors (Lipinski definition) is 1. The van der Waals surface area contributed by atoms with Gasteiger partial charge in [-0.3, -0.25) is 9.97 Å². The number of halogens is 3. The van der Waals surface area contributed by atoms with E-state index in [1.54, 1.807) is 12.4 Å². The topological polar surface area (TPSA) is 47.0 Å². The van der Waals surface area contributed by atoms with Crippen molar-refractivity contribution in [3.8, 4) is 0 Å². The molecule has 0 aliphatic carbocycles. The van der Waals surface area contributed by atoms with Gasteiger partial charge in [0.2, 0.25) is 0 Å². The molecule has 102 valence electrons. The van der Waals surface area contributed by atoms with Crippen LogP contribution in [0.1, 0.15) is 24.4 Å². The molecule has 1 heterocycles. The largest absolute Gasteiger partial charge is 0.411 e. The monoisotopic (exact) mass is 263 g/mol. The molecule has 0 saturated heterocycles. The Labute approximate surface area is 104 Å². The summed E-state index contributed by atoms with van der Waals surface area (Å²) in [5.41, 5.74) is 1.59. The van der Waals surface area contributed by atoms with E-state index < -0.39 is 12.8 Å². The van der Waals surface area contributed by atoms with Crippen molar-refractivity contribution >= 4 is 0 Å². The van der Waals surface area contributed by atoms with Gasteiger partial charge in [0, 0.05) is 25.0 Å². The molecule has 0 saturated carbocycles. The van der Waals surface area contributed by atoms with Gasteiger partial charge in [0.05, 0.1) is 18.0 Å². The minimum Gasteiger partial charge on any atom is -0.371 e. The Morgan fingerprint density at radius 3 is 2.61 bits per heavy atom. The molecule has 0 aliphatic heterocycles. The van der Waals surface area contributed by atoms with Crippen molar-refractivity contribution in [2.45, 2.75) is 26.1 Å². The van der Waals surface area contributed by atoms with Crippen LogP contribution in [0.2, 0.25) is 0 Å². The van der Waals surface area contributed by atoms with E-state index in [0.29, 0.717) is 6.54 Å². The molecule has 1 unspecified atom stereocenters. The van der Waals surface area contributed by atoms with Crippen LogP contribution in [0.3, 0.4) is 0 Å². The zero-order valence-corrected chi connectivity index (χ0v) is 10.3. The molecule has 1 N–H and O–H groups in total. The number of aromatic nitrogens is 2. The lowest BCUT2D eigenvalue weighted by Gasteiger charge is -2.15. The smallest absolute Gasteiger partial charge is 0.371 e. The van der Waals surface area contributed by atoms with Gasteiger partial charge < -0.3 is 10.1 Å². The van der Waals surface area contributed by atoms with Crippen molar-refractivity contribution in [3.05, 3.63) is 23.8 Å². The Balaban J connectivity index is 2.26. The van der Waals surface area contributed by atoms with Crippen LogP contribution in [-0.2, 0) is 4.74 Å². The molecule has 4 nitrogen and oxygen atoms in total. The van der Waals surface area contributed by atoms with E-state index in [1.807, 2.05) is 13.8 Å². The summed E-state index contributed by atoms with van der Waals surface area (Å²) < 4.78 is 39.9.